The van der Waals surface area contributed by atoms with Crippen LogP contribution in [0, 0.1) is 11.7 Å². The third-order valence-corrected chi connectivity index (χ3v) is 3.88. The molecule has 112 valence electrons. The van der Waals surface area contributed by atoms with E-state index in [0.717, 1.165) is 51.5 Å². The minimum Gasteiger partial charge on any atom is -0.369 e. The Morgan fingerprint density at radius 3 is 2.40 bits per heavy atom. The van der Waals surface area contributed by atoms with Gasteiger partial charge in [-0.25, -0.2) is 4.39 Å². The zero-order valence-electron chi connectivity index (χ0n) is 12.6. The first kappa shape index (κ1) is 15.3. The number of nitrogens with zero attached hydrogens (tertiary/aromatic N) is 2. The van der Waals surface area contributed by atoms with E-state index >= 15 is 0 Å². The Morgan fingerprint density at radius 1 is 1.15 bits per heavy atom. The summed E-state index contributed by atoms with van der Waals surface area (Å²) in [4.78, 5) is 4.87. The standard InChI is InChI=1S/C16H26FN3/c1-3-18-12-14(2)13-19-8-10-20(11-9-19)16-6-4-15(17)5-7-16/h4-7,14,18H,3,8-13H2,1-2H3. The number of nitrogens with one attached hydrogen (secondary N) is 1. The summed E-state index contributed by atoms with van der Waals surface area (Å²) in [5.41, 5.74) is 1.13. The average molecular weight is 279 g/mol. The lowest BCUT2D eigenvalue weighted by molar-refractivity contribution is 0.223. The topological polar surface area (TPSA) is 18.5 Å². The molecule has 3 nitrogen and oxygen atoms in total. The molecule has 1 aromatic rings. The smallest absolute Gasteiger partial charge is 0.123 e. The highest BCUT2D eigenvalue weighted by Crippen LogP contribution is 2.17. The van der Waals surface area contributed by atoms with Crippen molar-refractivity contribution in [1.29, 1.82) is 0 Å². The number of rotatable bonds is 6. The van der Waals surface area contributed by atoms with Crippen LogP contribution in [0.1, 0.15) is 13.8 Å². The Labute approximate surface area is 121 Å². The van der Waals surface area contributed by atoms with E-state index in [0.29, 0.717) is 5.92 Å². The summed E-state index contributed by atoms with van der Waals surface area (Å²) in [7, 11) is 0. The van der Waals surface area contributed by atoms with Gasteiger partial charge in [-0.15, -0.1) is 0 Å². The van der Waals surface area contributed by atoms with Crippen molar-refractivity contribution in [2.24, 2.45) is 5.92 Å². The van der Waals surface area contributed by atoms with Crippen LogP contribution in [0.5, 0.6) is 0 Å². The third kappa shape index (κ3) is 4.46. The summed E-state index contributed by atoms with van der Waals surface area (Å²) in [6, 6.07) is 6.83. The highest BCUT2D eigenvalue weighted by molar-refractivity contribution is 5.46. The molecule has 4 heteroatoms. The molecule has 1 unspecified atom stereocenters. The molecular weight excluding hydrogens is 253 g/mol. The molecule has 1 aliphatic heterocycles. The lowest BCUT2D eigenvalue weighted by Gasteiger charge is -2.37. The molecule has 2 rings (SSSR count). The molecule has 0 aliphatic carbocycles. The monoisotopic (exact) mass is 279 g/mol. The van der Waals surface area contributed by atoms with Gasteiger partial charge in [-0.3, -0.25) is 4.90 Å². The van der Waals surface area contributed by atoms with Crippen molar-refractivity contribution in [3.8, 4) is 0 Å². The van der Waals surface area contributed by atoms with E-state index in [1.54, 1.807) is 12.1 Å². The van der Waals surface area contributed by atoms with Crippen molar-refractivity contribution in [2.45, 2.75) is 13.8 Å². The first-order valence-corrected chi connectivity index (χ1v) is 7.62. The zero-order valence-corrected chi connectivity index (χ0v) is 12.6. The number of piperazine rings is 1. The van der Waals surface area contributed by atoms with Crippen LogP contribution in [0.4, 0.5) is 10.1 Å². The fourth-order valence-corrected chi connectivity index (χ4v) is 2.74. The minimum atomic E-state index is -0.162. The molecule has 1 aromatic carbocycles. The Balaban J connectivity index is 1.76. The van der Waals surface area contributed by atoms with Crippen molar-refractivity contribution in [3.63, 3.8) is 0 Å². The van der Waals surface area contributed by atoms with Crippen molar-refractivity contribution in [3.05, 3.63) is 30.1 Å². The Bertz CT molecular complexity index is 385. The summed E-state index contributed by atoms with van der Waals surface area (Å²) >= 11 is 0. The summed E-state index contributed by atoms with van der Waals surface area (Å²) in [6.07, 6.45) is 0. The minimum absolute atomic E-state index is 0.162. The van der Waals surface area contributed by atoms with Gasteiger partial charge in [0.1, 0.15) is 5.82 Å². The van der Waals surface area contributed by atoms with Gasteiger partial charge in [-0.2, -0.15) is 0 Å². The molecule has 1 saturated heterocycles. The van der Waals surface area contributed by atoms with Gasteiger partial charge in [-0.1, -0.05) is 13.8 Å². The van der Waals surface area contributed by atoms with Gasteiger partial charge in [0.05, 0.1) is 0 Å². The maximum Gasteiger partial charge on any atom is 0.123 e. The van der Waals surface area contributed by atoms with E-state index in [1.807, 2.05) is 12.1 Å². The number of anilines is 1. The molecule has 0 saturated carbocycles. The number of hydrogen-bond acceptors (Lipinski definition) is 3. The van der Waals surface area contributed by atoms with Gasteiger partial charge < -0.3 is 10.2 Å². The lowest BCUT2D eigenvalue weighted by Crippen LogP contribution is -2.48. The fraction of sp³-hybridized carbons (Fsp3) is 0.625. The van der Waals surface area contributed by atoms with Crippen LogP contribution in [0.3, 0.4) is 0 Å². The number of halogens is 1. The Hall–Kier alpha value is -1.13. The van der Waals surface area contributed by atoms with Gasteiger partial charge in [0.25, 0.3) is 0 Å². The molecule has 0 aromatic heterocycles. The predicted molar refractivity (Wildman–Crippen MR) is 82.8 cm³/mol. The van der Waals surface area contributed by atoms with Crippen molar-refractivity contribution in [2.75, 3.05) is 50.7 Å². The predicted octanol–water partition coefficient (Wildman–Crippen LogP) is 2.19. The van der Waals surface area contributed by atoms with Crippen LogP contribution in [-0.4, -0.2) is 50.7 Å². The highest BCUT2D eigenvalue weighted by Gasteiger charge is 2.18. The molecule has 1 fully saturated rings. The van der Waals surface area contributed by atoms with Crippen molar-refractivity contribution < 1.29 is 4.39 Å². The molecule has 0 radical (unpaired) electrons. The summed E-state index contributed by atoms with van der Waals surface area (Å²) in [5.74, 6) is 0.525. The quantitative estimate of drug-likeness (QED) is 0.861. The van der Waals surface area contributed by atoms with E-state index < -0.39 is 0 Å². The molecular formula is C16H26FN3. The van der Waals surface area contributed by atoms with Gasteiger partial charge >= 0.3 is 0 Å². The second-order valence-corrected chi connectivity index (χ2v) is 5.68. The average Bonchev–Trinajstić information content (AvgIpc) is 2.47. The van der Waals surface area contributed by atoms with Gasteiger partial charge in [0.2, 0.25) is 0 Å². The Kier molecular flexibility index (Phi) is 5.80. The second kappa shape index (κ2) is 7.60. The largest absolute Gasteiger partial charge is 0.369 e. The van der Waals surface area contributed by atoms with E-state index in [2.05, 4.69) is 29.0 Å². The molecule has 1 aliphatic rings. The summed E-state index contributed by atoms with van der Waals surface area (Å²) in [5, 5.41) is 3.40. The van der Waals surface area contributed by atoms with Crippen LogP contribution in [0.15, 0.2) is 24.3 Å². The van der Waals surface area contributed by atoms with E-state index in [-0.39, 0.29) is 5.82 Å². The summed E-state index contributed by atoms with van der Waals surface area (Å²) in [6.45, 7) is 12.0. The van der Waals surface area contributed by atoms with Gasteiger partial charge in [0.15, 0.2) is 0 Å². The molecule has 0 bridgehead atoms. The third-order valence-electron chi connectivity index (χ3n) is 3.88. The normalized spacial score (nSPS) is 18.2. The van der Waals surface area contributed by atoms with E-state index in [9.17, 15) is 4.39 Å². The number of hydrogen-bond donors (Lipinski definition) is 1. The van der Waals surface area contributed by atoms with Crippen LogP contribution in [-0.2, 0) is 0 Å². The molecule has 0 amide bonds. The van der Waals surface area contributed by atoms with Crippen LogP contribution < -0.4 is 10.2 Å². The van der Waals surface area contributed by atoms with Crippen LogP contribution in [0.2, 0.25) is 0 Å². The molecule has 1 atom stereocenters. The van der Waals surface area contributed by atoms with Crippen LogP contribution in [0.25, 0.3) is 0 Å². The lowest BCUT2D eigenvalue weighted by atomic mass is 10.1. The zero-order chi connectivity index (χ0) is 14.4. The molecule has 0 spiro atoms. The first-order valence-electron chi connectivity index (χ1n) is 7.62. The summed E-state index contributed by atoms with van der Waals surface area (Å²) < 4.78 is 12.9. The van der Waals surface area contributed by atoms with Crippen molar-refractivity contribution >= 4 is 5.69 Å². The maximum absolute atomic E-state index is 12.9. The SMILES string of the molecule is CCNCC(C)CN1CCN(c2ccc(F)cc2)CC1. The van der Waals surface area contributed by atoms with E-state index in [4.69, 9.17) is 0 Å². The molecule has 20 heavy (non-hydrogen) atoms. The number of benzene rings is 1. The first-order chi connectivity index (χ1) is 9.69. The molecule has 1 heterocycles. The Morgan fingerprint density at radius 2 is 1.80 bits per heavy atom. The highest BCUT2D eigenvalue weighted by atomic mass is 19.1. The van der Waals surface area contributed by atoms with Gasteiger partial charge in [-0.05, 0) is 43.3 Å². The van der Waals surface area contributed by atoms with Gasteiger partial charge in [0, 0.05) is 38.4 Å². The molecule has 1 N–H and O–H groups in total. The van der Waals surface area contributed by atoms with Crippen molar-refractivity contribution in [1.82, 2.24) is 10.2 Å². The van der Waals surface area contributed by atoms with E-state index in [1.165, 1.54) is 0 Å². The fourth-order valence-electron chi connectivity index (χ4n) is 2.74. The second-order valence-electron chi connectivity index (χ2n) is 5.68. The van der Waals surface area contributed by atoms with Crippen LogP contribution >= 0.6 is 0 Å². The maximum atomic E-state index is 12.9.